The molecule has 0 atom stereocenters. The van der Waals surface area contributed by atoms with Crippen molar-refractivity contribution in [2.24, 2.45) is 0 Å². The summed E-state index contributed by atoms with van der Waals surface area (Å²) in [5.41, 5.74) is 1.22. The van der Waals surface area contributed by atoms with Crippen molar-refractivity contribution < 1.29 is 19.4 Å². The van der Waals surface area contributed by atoms with Crippen LogP contribution in [0.15, 0.2) is 30.3 Å². The van der Waals surface area contributed by atoms with Gasteiger partial charge >= 0.3 is 6.03 Å². The maximum absolute atomic E-state index is 12.4. The maximum atomic E-state index is 12.4. The average molecular weight is 388 g/mol. The summed E-state index contributed by atoms with van der Waals surface area (Å²) >= 11 is 5.95. The third kappa shape index (κ3) is 4.74. The van der Waals surface area contributed by atoms with Crippen LogP contribution in [0.5, 0.6) is 17.2 Å². The zero-order valence-corrected chi connectivity index (χ0v) is 15.2. The van der Waals surface area contributed by atoms with Crippen molar-refractivity contribution in [1.29, 1.82) is 5.26 Å². The third-order valence-corrected chi connectivity index (χ3v) is 4.26. The van der Waals surface area contributed by atoms with Gasteiger partial charge in [-0.25, -0.2) is 4.79 Å². The van der Waals surface area contributed by atoms with Gasteiger partial charge in [0.25, 0.3) is 0 Å². The summed E-state index contributed by atoms with van der Waals surface area (Å²) in [6.07, 6.45) is 2.42. The van der Waals surface area contributed by atoms with E-state index in [1.807, 2.05) is 0 Å². The lowest BCUT2D eigenvalue weighted by atomic mass is 10.2. The first-order valence-corrected chi connectivity index (χ1v) is 8.85. The number of anilines is 2. The fourth-order valence-corrected chi connectivity index (χ4v) is 2.77. The Morgan fingerprint density at radius 2 is 1.78 bits per heavy atom. The van der Waals surface area contributed by atoms with Crippen LogP contribution >= 0.6 is 11.6 Å². The molecule has 0 fully saturated rings. The van der Waals surface area contributed by atoms with E-state index >= 15 is 0 Å². The molecule has 2 aromatic rings. The van der Waals surface area contributed by atoms with Crippen molar-refractivity contribution in [3.63, 3.8) is 0 Å². The molecule has 0 aromatic heterocycles. The monoisotopic (exact) mass is 387 g/mol. The maximum Gasteiger partial charge on any atom is 0.323 e. The van der Waals surface area contributed by atoms with E-state index in [-0.39, 0.29) is 10.8 Å². The number of nitriles is 1. The molecular weight excluding hydrogens is 370 g/mol. The first-order chi connectivity index (χ1) is 13.1. The second-order valence-corrected chi connectivity index (χ2v) is 6.37. The smallest absolute Gasteiger partial charge is 0.323 e. The van der Waals surface area contributed by atoms with Crippen LogP contribution in [-0.4, -0.2) is 24.4 Å². The Morgan fingerprint density at radius 3 is 2.52 bits per heavy atom. The van der Waals surface area contributed by atoms with Crippen LogP contribution in [0.2, 0.25) is 5.02 Å². The van der Waals surface area contributed by atoms with Gasteiger partial charge in [-0.05, 0) is 37.5 Å². The van der Waals surface area contributed by atoms with E-state index in [1.54, 1.807) is 18.2 Å². The van der Waals surface area contributed by atoms with Crippen LogP contribution in [0.1, 0.15) is 24.8 Å². The van der Waals surface area contributed by atoms with E-state index in [1.165, 1.54) is 12.1 Å². The first kappa shape index (κ1) is 18.7. The highest BCUT2D eigenvalue weighted by molar-refractivity contribution is 6.32. The lowest BCUT2D eigenvalue weighted by Crippen LogP contribution is -2.20. The number of benzene rings is 2. The van der Waals surface area contributed by atoms with E-state index in [4.69, 9.17) is 21.1 Å². The second kappa shape index (κ2) is 8.52. The minimum Gasteiger partial charge on any atom is -0.506 e. The molecule has 3 rings (SSSR count). The molecule has 1 aliphatic rings. The van der Waals surface area contributed by atoms with Gasteiger partial charge in [-0.3, -0.25) is 0 Å². The van der Waals surface area contributed by atoms with Crippen LogP contribution in [0, 0.1) is 11.3 Å². The van der Waals surface area contributed by atoms with Crippen molar-refractivity contribution in [3.8, 4) is 23.3 Å². The summed E-state index contributed by atoms with van der Waals surface area (Å²) in [7, 11) is 0. The molecule has 0 radical (unpaired) electrons. The lowest BCUT2D eigenvalue weighted by molar-refractivity contribution is 0.261. The van der Waals surface area contributed by atoms with Gasteiger partial charge in [0.1, 0.15) is 23.3 Å². The highest BCUT2D eigenvalue weighted by Gasteiger charge is 2.14. The van der Waals surface area contributed by atoms with Gasteiger partial charge in [0, 0.05) is 17.8 Å². The SMILES string of the molecule is N#Cc1ccc2cc1OCCCCCOc1cc(O)c(Cl)cc1NC(=O)N2. The number of urea groups is 1. The van der Waals surface area contributed by atoms with Gasteiger partial charge in [0.2, 0.25) is 0 Å². The van der Waals surface area contributed by atoms with Gasteiger partial charge in [-0.2, -0.15) is 5.26 Å². The number of aromatic hydroxyl groups is 1. The number of halogens is 1. The van der Waals surface area contributed by atoms with Crippen molar-refractivity contribution >= 4 is 29.0 Å². The Bertz CT molecular complexity index is 895. The predicted octanol–water partition coefficient (Wildman–Crippen LogP) is 4.50. The van der Waals surface area contributed by atoms with Crippen LogP contribution in [0.25, 0.3) is 0 Å². The number of amides is 2. The average Bonchev–Trinajstić information content (AvgIpc) is 2.64. The minimum absolute atomic E-state index is 0.102. The van der Waals surface area contributed by atoms with E-state index in [2.05, 4.69) is 16.7 Å². The van der Waals surface area contributed by atoms with Crippen molar-refractivity contribution in [2.75, 3.05) is 23.8 Å². The molecule has 0 saturated heterocycles. The molecule has 140 valence electrons. The van der Waals surface area contributed by atoms with Crippen molar-refractivity contribution in [2.45, 2.75) is 19.3 Å². The molecule has 2 aromatic carbocycles. The van der Waals surface area contributed by atoms with Crippen LogP contribution in [-0.2, 0) is 0 Å². The minimum atomic E-state index is -0.521. The number of nitrogens with one attached hydrogen (secondary N) is 2. The number of hydrogen-bond acceptors (Lipinski definition) is 5. The number of rotatable bonds is 0. The molecule has 0 aliphatic carbocycles. The number of hydrogen-bond donors (Lipinski definition) is 3. The Kier molecular flexibility index (Phi) is 5.89. The van der Waals surface area contributed by atoms with Crippen LogP contribution in [0.3, 0.4) is 0 Å². The molecular formula is C19H18ClN3O4. The summed E-state index contributed by atoms with van der Waals surface area (Å²) < 4.78 is 11.4. The van der Waals surface area contributed by atoms with Crippen LogP contribution < -0.4 is 20.1 Å². The summed E-state index contributed by atoms with van der Waals surface area (Å²) in [5.74, 6) is 0.633. The van der Waals surface area contributed by atoms with Crippen LogP contribution in [0.4, 0.5) is 16.2 Å². The highest BCUT2D eigenvalue weighted by atomic mass is 35.5. The fraction of sp³-hybridized carbons (Fsp3) is 0.263. The van der Waals surface area contributed by atoms with Gasteiger partial charge in [0.15, 0.2) is 0 Å². The summed E-state index contributed by atoms with van der Waals surface area (Å²) in [4.78, 5) is 12.4. The molecule has 3 N–H and O–H groups in total. The lowest BCUT2D eigenvalue weighted by Gasteiger charge is -2.14. The second-order valence-electron chi connectivity index (χ2n) is 5.96. The number of phenolic OH excluding ortho intramolecular Hbond substituents is 1. The Hall–Kier alpha value is -3.11. The normalized spacial score (nSPS) is 14.7. The summed E-state index contributed by atoms with van der Waals surface area (Å²) in [5, 5.41) is 24.4. The molecule has 0 spiro atoms. The number of ether oxygens (including phenoxy) is 2. The largest absolute Gasteiger partial charge is 0.506 e. The molecule has 27 heavy (non-hydrogen) atoms. The Labute approximate surface area is 161 Å². The Balaban J connectivity index is 1.89. The molecule has 0 unspecified atom stereocenters. The Morgan fingerprint density at radius 1 is 1.04 bits per heavy atom. The summed E-state index contributed by atoms with van der Waals surface area (Å²) in [6.45, 7) is 0.867. The molecule has 7 nitrogen and oxygen atoms in total. The standard InChI is InChI=1S/C19H18ClN3O4/c20-14-9-15-18(10-16(14)24)27-7-3-1-2-6-26-17-8-13(22-19(25)23-15)5-4-12(17)11-21/h4-5,8-10,24H,1-3,6-7H2,(H2,22,23,25). The first-order valence-electron chi connectivity index (χ1n) is 8.47. The van der Waals surface area contributed by atoms with Gasteiger partial charge in [-0.1, -0.05) is 11.6 Å². The zero-order chi connectivity index (χ0) is 19.2. The number of fused-ring (bicyclic) bond motifs is 3. The number of phenols is 1. The predicted molar refractivity (Wildman–Crippen MR) is 102 cm³/mol. The summed E-state index contributed by atoms with van der Waals surface area (Å²) in [6, 6.07) is 9.17. The topological polar surface area (TPSA) is 104 Å². The molecule has 0 saturated carbocycles. The van der Waals surface area contributed by atoms with Crippen molar-refractivity contribution in [3.05, 3.63) is 40.9 Å². The third-order valence-electron chi connectivity index (χ3n) is 3.96. The van der Waals surface area contributed by atoms with Crippen molar-refractivity contribution in [1.82, 2.24) is 0 Å². The molecule has 1 heterocycles. The van der Waals surface area contributed by atoms with E-state index in [9.17, 15) is 15.2 Å². The van der Waals surface area contributed by atoms with Gasteiger partial charge in [0.05, 0.1) is 29.5 Å². The van der Waals surface area contributed by atoms with Gasteiger partial charge in [-0.15, -0.1) is 0 Å². The molecule has 2 bridgehead atoms. The highest BCUT2D eigenvalue weighted by Crippen LogP contribution is 2.35. The fourth-order valence-electron chi connectivity index (χ4n) is 2.60. The molecule has 1 aliphatic heterocycles. The van der Waals surface area contributed by atoms with E-state index in [0.29, 0.717) is 41.7 Å². The number of carbonyl (C=O) groups excluding carboxylic acids is 1. The molecule has 8 heteroatoms. The van der Waals surface area contributed by atoms with E-state index < -0.39 is 6.03 Å². The number of nitrogens with zero attached hydrogens (tertiary/aromatic N) is 1. The quantitative estimate of drug-likeness (QED) is 0.577. The molecule has 2 amide bonds. The van der Waals surface area contributed by atoms with E-state index in [0.717, 1.165) is 19.3 Å². The number of carbonyl (C=O) groups is 1. The zero-order valence-electron chi connectivity index (χ0n) is 14.4. The van der Waals surface area contributed by atoms with Gasteiger partial charge < -0.3 is 25.2 Å².